The van der Waals surface area contributed by atoms with Crippen molar-refractivity contribution >= 4 is 22.8 Å². The van der Waals surface area contributed by atoms with E-state index in [2.05, 4.69) is 33.8 Å². The number of nitrogens with one attached hydrogen (secondary N) is 1. The van der Waals surface area contributed by atoms with Gasteiger partial charge in [-0.05, 0) is 37.7 Å². The minimum Gasteiger partial charge on any atom is -0.387 e. The number of piperidine rings is 1. The molecule has 1 saturated heterocycles. The first-order valence-corrected chi connectivity index (χ1v) is 9.03. The molecule has 1 amide bonds. The second kappa shape index (κ2) is 7.82. The molecule has 1 aliphatic heterocycles. The maximum absolute atomic E-state index is 11.6. The van der Waals surface area contributed by atoms with Gasteiger partial charge in [-0.1, -0.05) is 6.92 Å². The number of aliphatic hydroxyl groups is 1. The van der Waals surface area contributed by atoms with Crippen LogP contribution in [0, 0.1) is 5.92 Å². The Morgan fingerprint density at radius 3 is 2.88 bits per heavy atom. The van der Waals surface area contributed by atoms with Gasteiger partial charge in [0.25, 0.3) is 0 Å². The fourth-order valence-corrected chi connectivity index (χ4v) is 3.81. The number of aromatic nitrogens is 3. The lowest BCUT2D eigenvalue weighted by atomic mass is 9.88. The fraction of sp³-hybridized carbons (Fsp3) is 0.611. The van der Waals surface area contributed by atoms with Gasteiger partial charge in [-0.2, -0.15) is 0 Å². The molecule has 0 saturated carbocycles. The molecule has 7 heteroatoms. The number of carbonyl (C=O) groups is 1. The highest BCUT2D eigenvalue weighted by molar-refractivity contribution is 5.87. The van der Waals surface area contributed by atoms with Gasteiger partial charge in [0.2, 0.25) is 5.91 Å². The van der Waals surface area contributed by atoms with E-state index in [1.54, 1.807) is 11.2 Å². The monoisotopic (exact) mass is 345 g/mol. The largest absolute Gasteiger partial charge is 0.387 e. The van der Waals surface area contributed by atoms with E-state index in [0.717, 1.165) is 55.6 Å². The SMILES string of the molecule is CCC(CC1CCN(C(=O)CO)CC1)N(C)c1ncnc2[nH]ccc12. The van der Waals surface area contributed by atoms with E-state index in [-0.39, 0.29) is 12.5 Å². The van der Waals surface area contributed by atoms with Gasteiger partial charge in [0.1, 0.15) is 24.4 Å². The standard InChI is InChI=1S/C18H27N5O2/c1-3-14(10-13-5-8-23(9-6-13)16(25)11-24)22(2)18-15-4-7-19-17(15)20-12-21-18/h4,7,12-14,24H,3,5-6,8-11H2,1-2H3,(H,19,20,21). The summed E-state index contributed by atoms with van der Waals surface area (Å²) in [7, 11) is 2.10. The van der Waals surface area contributed by atoms with Gasteiger partial charge in [0, 0.05) is 32.4 Å². The van der Waals surface area contributed by atoms with Gasteiger partial charge in [-0.25, -0.2) is 9.97 Å². The van der Waals surface area contributed by atoms with Gasteiger partial charge in [-0.15, -0.1) is 0 Å². The van der Waals surface area contributed by atoms with E-state index in [4.69, 9.17) is 5.11 Å². The molecule has 0 bridgehead atoms. The molecule has 3 rings (SSSR count). The number of H-pyrrole nitrogens is 1. The predicted octanol–water partition coefficient (Wildman–Crippen LogP) is 1.79. The third-order valence-corrected chi connectivity index (χ3v) is 5.39. The molecule has 1 fully saturated rings. The lowest BCUT2D eigenvalue weighted by Crippen LogP contribution is -2.42. The zero-order valence-corrected chi connectivity index (χ0v) is 15.0. The van der Waals surface area contributed by atoms with Crippen LogP contribution in [-0.4, -0.2) is 63.7 Å². The topological polar surface area (TPSA) is 85.3 Å². The third kappa shape index (κ3) is 3.76. The van der Waals surface area contributed by atoms with Crippen LogP contribution < -0.4 is 4.90 Å². The Balaban J connectivity index is 1.65. The first-order valence-electron chi connectivity index (χ1n) is 9.03. The number of nitrogens with zero attached hydrogens (tertiary/aromatic N) is 4. The fourth-order valence-electron chi connectivity index (χ4n) is 3.81. The van der Waals surface area contributed by atoms with Gasteiger partial charge in [0.15, 0.2) is 0 Å². The molecule has 1 unspecified atom stereocenters. The lowest BCUT2D eigenvalue weighted by molar-refractivity contribution is -0.135. The van der Waals surface area contributed by atoms with Crippen LogP contribution in [0.1, 0.15) is 32.6 Å². The zero-order valence-electron chi connectivity index (χ0n) is 15.0. The molecule has 25 heavy (non-hydrogen) atoms. The third-order valence-electron chi connectivity index (χ3n) is 5.39. The summed E-state index contributed by atoms with van der Waals surface area (Å²) in [6.07, 6.45) is 7.63. The minimum absolute atomic E-state index is 0.154. The summed E-state index contributed by atoms with van der Waals surface area (Å²) in [5, 5.41) is 10.0. The maximum Gasteiger partial charge on any atom is 0.248 e. The van der Waals surface area contributed by atoms with Crippen LogP contribution in [0.25, 0.3) is 11.0 Å². The number of fused-ring (bicyclic) bond motifs is 1. The number of aliphatic hydroxyl groups excluding tert-OH is 1. The number of rotatable bonds is 6. The van der Waals surface area contributed by atoms with Crippen molar-refractivity contribution in [3.8, 4) is 0 Å². The van der Waals surface area contributed by atoms with E-state index >= 15 is 0 Å². The van der Waals surface area contributed by atoms with Crippen LogP contribution in [0.3, 0.4) is 0 Å². The summed E-state index contributed by atoms with van der Waals surface area (Å²) in [5.41, 5.74) is 0.863. The van der Waals surface area contributed by atoms with Gasteiger partial charge < -0.3 is 19.9 Å². The van der Waals surface area contributed by atoms with Crippen molar-refractivity contribution in [3.05, 3.63) is 18.6 Å². The Bertz CT molecular complexity index is 708. The van der Waals surface area contributed by atoms with Crippen LogP contribution >= 0.6 is 0 Å². The molecule has 2 aromatic rings. The van der Waals surface area contributed by atoms with Crippen molar-refractivity contribution in [1.29, 1.82) is 0 Å². The van der Waals surface area contributed by atoms with E-state index in [0.29, 0.717) is 12.0 Å². The van der Waals surface area contributed by atoms with Crippen LogP contribution in [0.5, 0.6) is 0 Å². The molecular weight excluding hydrogens is 318 g/mol. The summed E-state index contributed by atoms with van der Waals surface area (Å²) in [6, 6.07) is 2.42. The number of carbonyl (C=O) groups excluding carboxylic acids is 1. The number of hydrogen-bond acceptors (Lipinski definition) is 5. The van der Waals surface area contributed by atoms with Crippen molar-refractivity contribution in [1.82, 2.24) is 19.9 Å². The van der Waals surface area contributed by atoms with Crippen LogP contribution in [0.4, 0.5) is 5.82 Å². The molecule has 1 aliphatic rings. The second-order valence-corrected chi connectivity index (χ2v) is 6.83. The van der Waals surface area contributed by atoms with Crippen LogP contribution in [0.2, 0.25) is 0 Å². The predicted molar refractivity (Wildman–Crippen MR) is 97.4 cm³/mol. The lowest BCUT2D eigenvalue weighted by Gasteiger charge is -2.36. The van der Waals surface area contributed by atoms with Crippen molar-refractivity contribution < 1.29 is 9.90 Å². The van der Waals surface area contributed by atoms with Crippen LogP contribution in [0.15, 0.2) is 18.6 Å². The maximum atomic E-state index is 11.6. The quantitative estimate of drug-likeness (QED) is 0.834. The first kappa shape index (κ1) is 17.7. The van der Waals surface area contributed by atoms with Crippen LogP contribution in [-0.2, 0) is 4.79 Å². The van der Waals surface area contributed by atoms with Crippen molar-refractivity contribution in [3.63, 3.8) is 0 Å². The highest BCUT2D eigenvalue weighted by atomic mass is 16.3. The Hall–Kier alpha value is -2.15. The molecule has 0 spiro atoms. The Morgan fingerprint density at radius 2 is 2.20 bits per heavy atom. The summed E-state index contributed by atoms with van der Waals surface area (Å²) < 4.78 is 0. The highest BCUT2D eigenvalue weighted by Gasteiger charge is 2.26. The van der Waals surface area contributed by atoms with Gasteiger partial charge in [-0.3, -0.25) is 4.79 Å². The molecule has 7 nitrogen and oxygen atoms in total. The molecule has 0 aromatic carbocycles. The molecule has 1 atom stereocenters. The second-order valence-electron chi connectivity index (χ2n) is 6.83. The molecule has 0 aliphatic carbocycles. The van der Waals surface area contributed by atoms with E-state index in [1.165, 1.54) is 0 Å². The molecule has 2 N–H and O–H groups in total. The van der Waals surface area contributed by atoms with E-state index in [9.17, 15) is 4.79 Å². The number of hydrogen-bond donors (Lipinski definition) is 2. The van der Waals surface area contributed by atoms with Crippen molar-refractivity contribution in [2.45, 2.75) is 38.6 Å². The molecule has 3 heterocycles. The van der Waals surface area contributed by atoms with Crippen molar-refractivity contribution in [2.24, 2.45) is 5.92 Å². The van der Waals surface area contributed by atoms with E-state index in [1.807, 2.05) is 12.3 Å². The molecule has 2 aromatic heterocycles. The van der Waals surface area contributed by atoms with Gasteiger partial charge >= 0.3 is 0 Å². The average molecular weight is 345 g/mol. The van der Waals surface area contributed by atoms with E-state index < -0.39 is 0 Å². The van der Waals surface area contributed by atoms with Crippen molar-refractivity contribution in [2.75, 3.05) is 31.6 Å². The number of aromatic amines is 1. The first-order chi connectivity index (χ1) is 12.1. The Kier molecular flexibility index (Phi) is 5.53. The Labute approximate surface area is 148 Å². The number of anilines is 1. The number of likely N-dealkylation sites (tertiary alicyclic amines) is 1. The summed E-state index contributed by atoms with van der Waals surface area (Å²) in [4.78, 5) is 27.5. The summed E-state index contributed by atoms with van der Waals surface area (Å²) in [5.74, 6) is 1.41. The summed E-state index contributed by atoms with van der Waals surface area (Å²) in [6.45, 7) is 3.33. The Morgan fingerprint density at radius 1 is 1.44 bits per heavy atom. The average Bonchev–Trinajstić information content (AvgIpc) is 3.14. The van der Waals surface area contributed by atoms with Gasteiger partial charge in [0.05, 0.1) is 5.39 Å². The molecule has 0 radical (unpaired) electrons. The highest BCUT2D eigenvalue weighted by Crippen LogP contribution is 2.29. The number of amides is 1. The molecule has 136 valence electrons. The normalized spacial score (nSPS) is 17.0. The zero-order chi connectivity index (χ0) is 17.8. The smallest absolute Gasteiger partial charge is 0.248 e. The summed E-state index contributed by atoms with van der Waals surface area (Å²) >= 11 is 0. The molecular formula is C18H27N5O2. The minimum atomic E-state index is -0.384.